The lowest BCUT2D eigenvalue weighted by atomic mass is 10.2. The minimum Gasteiger partial charge on any atom is -0.385 e. The van der Waals surface area contributed by atoms with Crippen molar-refractivity contribution in [3.05, 3.63) is 34.1 Å². The van der Waals surface area contributed by atoms with E-state index in [1.165, 1.54) is 12.1 Å². The SMILES string of the molecule is COCCCN(C)c1cccc(F)c1[N+](=O)[O-]. The van der Waals surface area contributed by atoms with Crippen LogP contribution in [0.25, 0.3) is 0 Å². The quantitative estimate of drug-likeness (QED) is 0.436. The van der Waals surface area contributed by atoms with E-state index in [4.69, 9.17) is 4.74 Å². The van der Waals surface area contributed by atoms with E-state index in [0.29, 0.717) is 13.2 Å². The number of benzene rings is 1. The standard InChI is InChI=1S/C11H15FN2O3/c1-13(7-4-8-17-2)10-6-3-5-9(12)11(10)14(15)16/h3,5-6H,4,7-8H2,1-2H3. The fourth-order valence-electron chi connectivity index (χ4n) is 1.56. The van der Waals surface area contributed by atoms with Crippen molar-refractivity contribution in [1.82, 2.24) is 0 Å². The van der Waals surface area contributed by atoms with E-state index < -0.39 is 16.4 Å². The molecule has 0 heterocycles. The second-order valence-corrected chi connectivity index (χ2v) is 3.63. The summed E-state index contributed by atoms with van der Waals surface area (Å²) in [7, 11) is 3.28. The largest absolute Gasteiger partial charge is 0.385 e. The zero-order valence-electron chi connectivity index (χ0n) is 9.85. The molecule has 1 aromatic rings. The molecule has 0 fully saturated rings. The fraction of sp³-hybridized carbons (Fsp3) is 0.455. The van der Waals surface area contributed by atoms with Crippen molar-refractivity contribution in [1.29, 1.82) is 0 Å². The Kier molecular flexibility index (Phi) is 4.84. The Labute approximate surface area is 98.9 Å². The number of anilines is 1. The average molecular weight is 242 g/mol. The van der Waals surface area contributed by atoms with Crippen LogP contribution in [0.2, 0.25) is 0 Å². The van der Waals surface area contributed by atoms with Crippen LogP contribution in [0.5, 0.6) is 0 Å². The number of nitrogens with zero attached hydrogens (tertiary/aromatic N) is 2. The number of nitro groups is 1. The van der Waals surface area contributed by atoms with Crippen LogP contribution in [0.3, 0.4) is 0 Å². The summed E-state index contributed by atoms with van der Waals surface area (Å²) in [6.07, 6.45) is 0.723. The zero-order valence-corrected chi connectivity index (χ0v) is 9.85. The topological polar surface area (TPSA) is 55.6 Å². The van der Waals surface area contributed by atoms with Gasteiger partial charge in [0, 0.05) is 27.3 Å². The monoisotopic (exact) mass is 242 g/mol. The summed E-state index contributed by atoms with van der Waals surface area (Å²) in [5.41, 5.74) is -0.196. The van der Waals surface area contributed by atoms with Crippen LogP contribution < -0.4 is 4.90 Å². The van der Waals surface area contributed by atoms with Gasteiger partial charge >= 0.3 is 5.69 Å². The van der Waals surface area contributed by atoms with E-state index in [1.807, 2.05) is 0 Å². The van der Waals surface area contributed by atoms with Gasteiger partial charge in [0.2, 0.25) is 5.82 Å². The Morgan fingerprint density at radius 2 is 2.24 bits per heavy atom. The van der Waals surface area contributed by atoms with Gasteiger partial charge in [-0.05, 0) is 18.6 Å². The van der Waals surface area contributed by atoms with Crippen molar-refractivity contribution in [2.24, 2.45) is 0 Å². The third kappa shape index (κ3) is 3.39. The predicted molar refractivity (Wildman–Crippen MR) is 62.8 cm³/mol. The van der Waals surface area contributed by atoms with E-state index in [2.05, 4.69) is 0 Å². The van der Waals surface area contributed by atoms with Gasteiger partial charge in [0.1, 0.15) is 5.69 Å². The highest BCUT2D eigenvalue weighted by Crippen LogP contribution is 2.29. The molecular formula is C11H15FN2O3. The Bertz CT molecular complexity index is 398. The van der Waals surface area contributed by atoms with Crippen LogP contribution in [0.4, 0.5) is 15.8 Å². The number of rotatable bonds is 6. The molecule has 1 aromatic carbocycles. The molecule has 0 atom stereocenters. The molecule has 0 amide bonds. The highest BCUT2D eigenvalue weighted by atomic mass is 19.1. The Balaban J connectivity index is 2.89. The summed E-state index contributed by atoms with van der Waals surface area (Å²) in [5, 5.41) is 10.8. The Morgan fingerprint density at radius 3 is 2.82 bits per heavy atom. The van der Waals surface area contributed by atoms with Crippen LogP contribution in [-0.2, 0) is 4.74 Å². The molecule has 0 bridgehead atoms. The van der Waals surface area contributed by atoms with Gasteiger partial charge in [0.15, 0.2) is 0 Å². The summed E-state index contributed by atoms with van der Waals surface area (Å²) >= 11 is 0. The summed E-state index contributed by atoms with van der Waals surface area (Å²) in [4.78, 5) is 11.7. The van der Waals surface area contributed by atoms with Gasteiger partial charge in [0.05, 0.1) is 4.92 Å². The molecule has 0 spiro atoms. The Morgan fingerprint density at radius 1 is 1.53 bits per heavy atom. The van der Waals surface area contributed by atoms with Gasteiger partial charge in [-0.3, -0.25) is 10.1 Å². The molecule has 0 aliphatic carbocycles. The van der Waals surface area contributed by atoms with Crippen molar-refractivity contribution >= 4 is 11.4 Å². The number of nitro benzene ring substituents is 1. The lowest BCUT2D eigenvalue weighted by Gasteiger charge is -2.18. The lowest BCUT2D eigenvalue weighted by molar-refractivity contribution is -0.386. The number of halogens is 1. The first-order chi connectivity index (χ1) is 8.07. The molecule has 0 aromatic heterocycles. The molecule has 0 saturated carbocycles. The summed E-state index contributed by atoms with van der Waals surface area (Å²) in [6.45, 7) is 1.13. The minimum atomic E-state index is -0.814. The van der Waals surface area contributed by atoms with Crippen molar-refractivity contribution < 1.29 is 14.1 Å². The molecule has 5 nitrogen and oxygen atoms in total. The predicted octanol–water partition coefficient (Wildman–Crippen LogP) is 2.21. The van der Waals surface area contributed by atoms with Crippen molar-refractivity contribution in [2.75, 3.05) is 32.2 Å². The molecule has 0 radical (unpaired) electrons. The normalized spacial score (nSPS) is 10.3. The molecule has 0 aliphatic rings. The van der Waals surface area contributed by atoms with Gasteiger partial charge in [-0.25, -0.2) is 0 Å². The first-order valence-corrected chi connectivity index (χ1v) is 5.21. The molecule has 1 rings (SSSR count). The lowest BCUT2D eigenvalue weighted by Crippen LogP contribution is -2.21. The number of ether oxygens (including phenoxy) is 1. The highest BCUT2D eigenvalue weighted by molar-refractivity contribution is 5.63. The van der Waals surface area contributed by atoms with Crippen LogP contribution in [-0.4, -0.2) is 32.2 Å². The van der Waals surface area contributed by atoms with Crippen LogP contribution >= 0.6 is 0 Å². The maximum atomic E-state index is 13.4. The molecule has 0 N–H and O–H groups in total. The molecule has 17 heavy (non-hydrogen) atoms. The summed E-state index contributed by atoms with van der Waals surface area (Å²) in [6, 6.07) is 4.09. The molecule has 0 unspecified atom stereocenters. The number of hydrogen-bond acceptors (Lipinski definition) is 4. The molecule has 6 heteroatoms. The van der Waals surface area contributed by atoms with Gasteiger partial charge in [-0.1, -0.05) is 6.07 Å². The summed E-state index contributed by atoms with van der Waals surface area (Å²) in [5.74, 6) is -0.814. The third-order valence-electron chi connectivity index (χ3n) is 2.40. The maximum absolute atomic E-state index is 13.4. The third-order valence-corrected chi connectivity index (χ3v) is 2.40. The first-order valence-electron chi connectivity index (χ1n) is 5.21. The van der Waals surface area contributed by atoms with Gasteiger partial charge in [-0.2, -0.15) is 4.39 Å². The zero-order chi connectivity index (χ0) is 12.8. The van der Waals surface area contributed by atoms with Gasteiger partial charge < -0.3 is 9.64 Å². The van der Waals surface area contributed by atoms with E-state index in [9.17, 15) is 14.5 Å². The first kappa shape index (κ1) is 13.4. The van der Waals surface area contributed by atoms with E-state index in [0.717, 1.165) is 12.5 Å². The van der Waals surface area contributed by atoms with E-state index >= 15 is 0 Å². The van der Waals surface area contributed by atoms with Gasteiger partial charge in [-0.15, -0.1) is 0 Å². The Hall–Kier alpha value is -1.69. The van der Waals surface area contributed by atoms with Crippen LogP contribution in [0.15, 0.2) is 18.2 Å². The number of hydrogen-bond donors (Lipinski definition) is 0. The van der Waals surface area contributed by atoms with E-state index in [1.54, 1.807) is 19.1 Å². The van der Waals surface area contributed by atoms with Gasteiger partial charge in [0.25, 0.3) is 0 Å². The molecule has 94 valence electrons. The minimum absolute atomic E-state index is 0.283. The second-order valence-electron chi connectivity index (χ2n) is 3.63. The molecular weight excluding hydrogens is 227 g/mol. The molecule has 0 aliphatic heterocycles. The second kappa shape index (κ2) is 6.15. The van der Waals surface area contributed by atoms with Crippen LogP contribution in [0.1, 0.15) is 6.42 Å². The average Bonchev–Trinajstić information content (AvgIpc) is 2.28. The number of methoxy groups -OCH3 is 1. The number of para-hydroxylation sites is 1. The summed E-state index contributed by atoms with van der Waals surface area (Å²) < 4.78 is 18.3. The smallest absolute Gasteiger partial charge is 0.327 e. The van der Waals surface area contributed by atoms with Crippen LogP contribution in [0, 0.1) is 15.9 Å². The highest BCUT2D eigenvalue weighted by Gasteiger charge is 2.21. The maximum Gasteiger partial charge on any atom is 0.327 e. The van der Waals surface area contributed by atoms with Crippen molar-refractivity contribution in [2.45, 2.75) is 6.42 Å². The van der Waals surface area contributed by atoms with E-state index in [-0.39, 0.29) is 5.69 Å². The van der Waals surface area contributed by atoms with Crippen molar-refractivity contribution in [3.8, 4) is 0 Å². The van der Waals surface area contributed by atoms with Crippen molar-refractivity contribution in [3.63, 3.8) is 0 Å². The molecule has 0 saturated heterocycles. The fourth-order valence-corrected chi connectivity index (χ4v) is 1.56.